The third-order valence-electron chi connectivity index (χ3n) is 4.10. The second-order valence-corrected chi connectivity index (χ2v) is 6.36. The van der Waals surface area contributed by atoms with E-state index in [9.17, 15) is 4.79 Å². The summed E-state index contributed by atoms with van der Waals surface area (Å²) in [7, 11) is 0. The van der Waals surface area contributed by atoms with Gasteiger partial charge in [-0.05, 0) is 51.0 Å². The van der Waals surface area contributed by atoms with Crippen LogP contribution >= 0.6 is 11.6 Å². The Hall–Kier alpha value is -2.60. The van der Waals surface area contributed by atoms with E-state index in [1.165, 1.54) is 0 Å². The highest BCUT2D eigenvalue weighted by Gasteiger charge is 2.17. The van der Waals surface area contributed by atoms with Crippen LogP contribution in [0.1, 0.15) is 23.7 Å². The van der Waals surface area contributed by atoms with E-state index in [0.29, 0.717) is 23.2 Å². The van der Waals surface area contributed by atoms with Gasteiger partial charge in [0.2, 0.25) is 5.88 Å². The molecule has 0 N–H and O–H groups in total. The van der Waals surface area contributed by atoms with Gasteiger partial charge in [-0.15, -0.1) is 0 Å². The molecule has 0 unspecified atom stereocenters. The van der Waals surface area contributed by atoms with Gasteiger partial charge in [0, 0.05) is 16.5 Å². The number of hydrogen-bond acceptors (Lipinski definition) is 5. The molecule has 136 valence electrons. The van der Waals surface area contributed by atoms with Gasteiger partial charge in [-0.25, -0.2) is 9.48 Å². The minimum absolute atomic E-state index is 0.185. The van der Waals surface area contributed by atoms with Gasteiger partial charge in [0.15, 0.2) is 12.3 Å². The van der Waals surface area contributed by atoms with Crippen LogP contribution in [0.2, 0.25) is 5.02 Å². The largest absolute Gasteiger partial charge is 0.466 e. The van der Waals surface area contributed by atoms with E-state index in [2.05, 4.69) is 10.1 Å². The number of aromatic nitrogens is 3. The van der Waals surface area contributed by atoms with E-state index in [1.54, 1.807) is 17.7 Å². The van der Waals surface area contributed by atoms with Crippen molar-refractivity contribution in [2.24, 2.45) is 0 Å². The molecule has 2 aromatic heterocycles. The molecule has 0 aliphatic heterocycles. The SMILES string of the molecule is CCOC(=O)COc1cc(C)c2c(C)nn(-c3cccc(Cl)c3C)c2n1. The van der Waals surface area contributed by atoms with Crippen LogP contribution in [0.15, 0.2) is 24.3 Å². The Labute approximate surface area is 156 Å². The lowest BCUT2D eigenvalue weighted by atomic mass is 10.1. The van der Waals surface area contributed by atoms with Gasteiger partial charge in [-0.3, -0.25) is 0 Å². The van der Waals surface area contributed by atoms with Crippen LogP contribution in [0.25, 0.3) is 16.7 Å². The van der Waals surface area contributed by atoms with E-state index >= 15 is 0 Å². The van der Waals surface area contributed by atoms with Crippen molar-refractivity contribution in [3.8, 4) is 11.6 Å². The number of halogens is 1. The molecule has 0 amide bonds. The van der Waals surface area contributed by atoms with E-state index in [4.69, 9.17) is 21.1 Å². The van der Waals surface area contributed by atoms with Crippen molar-refractivity contribution in [1.29, 1.82) is 0 Å². The molecular weight excluding hydrogens is 354 g/mol. The van der Waals surface area contributed by atoms with Crippen LogP contribution in [-0.2, 0) is 9.53 Å². The number of pyridine rings is 1. The van der Waals surface area contributed by atoms with Crippen molar-refractivity contribution in [2.75, 3.05) is 13.2 Å². The maximum Gasteiger partial charge on any atom is 0.344 e. The summed E-state index contributed by atoms with van der Waals surface area (Å²) in [6.45, 7) is 7.72. The van der Waals surface area contributed by atoms with E-state index < -0.39 is 5.97 Å². The molecule has 0 fully saturated rings. The van der Waals surface area contributed by atoms with Crippen molar-refractivity contribution >= 4 is 28.6 Å². The second-order valence-electron chi connectivity index (χ2n) is 5.95. The van der Waals surface area contributed by atoms with Gasteiger partial charge in [-0.1, -0.05) is 17.7 Å². The number of benzene rings is 1. The number of carbonyl (C=O) groups excluding carboxylic acids is 1. The molecule has 0 spiro atoms. The number of fused-ring (bicyclic) bond motifs is 1. The first-order chi connectivity index (χ1) is 12.4. The predicted octanol–water partition coefficient (Wildman–Crippen LogP) is 3.94. The average molecular weight is 374 g/mol. The summed E-state index contributed by atoms with van der Waals surface area (Å²) in [6, 6.07) is 7.45. The molecule has 0 radical (unpaired) electrons. The zero-order chi connectivity index (χ0) is 18.8. The topological polar surface area (TPSA) is 66.2 Å². The first kappa shape index (κ1) is 18.2. The van der Waals surface area contributed by atoms with E-state index in [0.717, 1.165) is 27.9 Å². The fourth-order valence-corrected chi connectivity index (χ4v) is 3.05. The summed E-state index contributed by atoms with van der Waals surface area (Å²) in [5, 5.41) is 6.25. The highest BCUT2D eigenvalue weighted by atomic mass is 35.5. The summed E-state index contributed by atoms with van der Waals surface area (Å²) >= 11 is 6.26. The molecule has 26 heavy (non-hydrogen) atoms. The standard InChI is InChI=1S/C19H20ClN3O3/c1-5-25-17(24)10-26-16-9-11(2)18-13(4)22-23(19(18)21-16)15-8-6-7-14(20)12(15)3/h6-9H,5,10H2,1-4H3. The molecular formula is C19H20ClN3O3. The highest BCUT2D eigenvalue weighted by molar-refractivity contribution is 6.31. The molecule has 0 aliphatic carbocycles. The normalized spacial score (nSPS) is 11.0. The lowest BCUT2D eigenvalue weighted by molar-refractivity contribution is -0.145. The lowest BCUT2D eigenvalue weighted by Gasteiger charge is -2.10. The van der Waals surface area contributed by atoms with Crippen molar-refractivity contribution < 1.29 is 14.3 Å². The van der Waals surface area contributed by atoms with Crippen molar-refractivity contribution in [1.82, 2.24) is 14.8 Å². The fourth-order valence-electron chi connectivity index (χ4n) is 2.88. The van der Waals surface area contributed by atoms with Crippen LogP contribution in [-0.4, -0.2) is 33.9 Å². The summed E-state index contributed by atoms with van der Waals surface area (Å²) in [4.78, 5) is 16.1. The van der Waals surface area contributed by atoms with E-state index in [-0.39, 0.29) is 6.61 Å². The molecule has 0 saturated heterocycles. The van der Waals surface area contributed by atoms with Gasteiger partial charge in [0.25, 0.3) is 0 Å². The van der Waals surface area contributed by atoms with Gasteiger partial charge < -0.3 is 9.47 Å². The molecule has 0 bridgehead atoms. The zero-order valence-corrected chi connectivity index (χ0v) is 15.9. The summed E-state index contributed by atoms with van der Waals surface area (Å²) < 4.78 is 12.2. The Morgan fingerprint density at radius 2 is 2.04 bits per heavy atom. The number of hydrogen-bond donors (Lipinski definition) is 0. The molecule has 3 aromatic rings. The molecule has 3 rings (SSSR count). The third-order valence-corrected chi connectivity index (χ3v) is 4.51. The Kier molecular flexibility index (Phi) is 5.13. The first-order valence-corrected chi connectivity index (χ1v) is 8.71. The summed E-state index contributed by atoms with van der Waals surface area (Å²) in [5.41, 5.74) is 4.26. The number of carbonyl (C=O) groups is 1. The summed E-state index contributed by atoms with van der Waals surface area (Å²) in [5.74, 6) is -0.0775. The quantitative estimate of drug-likeness (QED) is 0.634. The van der Waals surface area contributed by atoms with Crippen LogP contribution in [0.4, 0.5) is 0 Å². The lowest BCUT2D eigenvalue weighted by Crippen LogP contribution is -2.15. The molecule has 2 heterocycles. The Morgan fingerprint density at radius 1 is 1.27 bits per heavy atom. The average Bonchev–Trinajstić information content (AvgIpc) is 2.93. The van der Waals surface area contributed by atoms with Gasteiger partial charge in [-0.2, -0.15) is 10.1 Å². The highest BCUT2D eigenvalue weighted by Crippen LogP contribution is 2.29. The van der Waals surface area contributed by atoms with Gasteiger partial charge in [0.05, 0.1) is 18.0 Å². The van der Waals surface area contributed by atoms with Crippen LogP contribution in [0.5, 0.6) is 5.88 Å². The van der Waals surface area contributed by atoms with Crippen molar-refractivity contribution in [2.45, 2.75) is 27.7 Å². The van der Waals surface area contributed by atoms with Crippen LogP contribution in [0.3, 0.4) is 0 Å². The molecule has 6 nitrogen and oxygen atoms in total. The van der Waals surface area contributed by atoms with Crippen LogP contribution in [0, 0.1) is 20.8 Å². The van der Waals surface area contributed by atoms with Crippen molar-refractivity contribution in [3.05, 3.63) is 46.1 Å². The number of ether oxygens (including phenoxy) is 2. The number of rotatable bonds is 5. The smallest absolute Gasteiger partial charge is 0.344 e. The monoisotopic (exact) mass is 373 g/mol. The molecule has 7 heteroatoms. The third kappa shape index (κ3) is 3.37. The molecule has 0 atom stereocenters. The first-order valence-electron chi connectivity index (χ1n) is 8.33. The molecule has 0 aliphatic rings. The fraction of sp³-hybridized carbons (Fsp3) is 0.316. The Bertz CT molecular complexity index is 982. The minimum Gasteiger partial charge on any atom is -0.466 e. The number of esters is 1. The van der Waals surface area contributed by atoms with E-state index in [1.807, 2.05) is 39.0 Å². The molecule has 0 saturated carbocycles. The Morgan fingerprint density at radius 3 is 2.77 bits per heavy atom. The predicted molar refractivity (Wildman–Crippen MR) is 100 cm³/mol. The maximum absolute atomic E-state index is 11.5. The van der Waals surface area contributed by atoms with Crippen LogP contribution < -0.4 is 4.74 Å². The van der Waals surface area contributed by atoms with Gasteiger partial charge in [0.1, 0.15) is 0 Å². The Balaban J connectivity index is 2.08. The van der Waals surface area contributed by atoms with Crippen molar-refractivity contribution in [3.63, 3.8) is 0 Å². The van der Waals surface area contributed by atoms with Gasteiger partial charge >= 0.3 is 5.97 Å². The summed E-state index contributed by atoms with van der Waals surface area (Å²) in [6.07, 6.45) is 0. The number of aryl methyl sites for hydroxylation is 2. The maximum atomic E-state index is 11.5. The number of nitrogens with zero attached hydrogens (tertiary/aromatic N) is 3. The molecule has 1 aromatic carbocycles. The second kappa shape index (κ2) is 7.33. The zero-order valence-electron chi connectivity index (χ0n) is 15.2. The minimum atomic E-state index is -0.428.